The summed E-state index contributed by atoms with van der Waals surface area (Å²) in [6.45, 7) is 3.04. The molecule has 0 aliphatic carbocycles. The Labute approximate surface area is 93.1 Å². The van der Waals surface area contributed by atoms with E-state index in [9.17, 15) is 9.13 Å². The van der Waals surface area contributed by atoms with Gasteiger partial charge in [0, 0.05) is 27.5 Å². The second kappa shape index (κ2) is 9.52. The highest BCUT2D eigenvalue weighted by atomic mass is 31.2. The molecule has 0 aromatic rings. The highest BCUT2D eigenvalue weighted by Crippen LogP contribution is 2.34. The number of hydrogen-bond donors (Lipinski definition) is 2. The van der Waals surface area contributed by atoms with Crippen LogP contribution in [0.1, 0.15) is 7.43 Å². The van der Waals surface area contributed by atoms with Gasteiger partial charge in [-0.15, -0.1) is 0 Å². The average molecular weight is 262 g/mol. The van der Waals surface area contributed by atoms with Gasteiger partial charge in [0.25, 0.3) is 15.0 Å². The third-order valence-electron chi connectivity index (χ3n) is 1.51. The molecule has 0 aliphatic rings. The van der Waals surface area contributed by atoms with Gasteiger partial charge in [0.1, 0.15) is 0 Å². The van der Waals surface area contributed by atoms with Crippen molar-refractivity contribution in [2.24, 2.45) is 0 Å². The Morgan fingerprint density at radius 3 is 1.07 bits per heavy atom. The number of rotatable bonds is 4. The first-order valence-electron chi connectivity index (χ1n) is 3.89. The van der Waals surface area contributed by atoms with Crippen molar-refractivity contribution < 1.29 is 18.2 Å². The molecule has 2 N–H and O–H groups in total. The molecule has 0 aromatic carbocycles. The van der Waals surface area contributed by atoms with Gasteiger partial charge in [0.05, 0.1) is 0 Å². The van der Waals surface area contributed by atoms with Crippen LogP contribution < -0.4 is 10.2 Å². The molecular formula is C7H24N2O4P2. The fourth-order valence-corrected chi connectivity index (χ4v) is 0.548. The molecule has 8 heteroatoms. The van der Waals surface area contributed by atoms with Crippen molar-refractivity contribution >= 4 is 15.0 Å². The van der Waals surface area contributed by atoms with Crippen LogP contribution >= 0.6 is 15.0 Å². The smallest absolute Gasteiger partial charge is 0.266 e. The van der Waals surface area contributed by atoms with Crippen LogP contribution in [0.2, 0.25) is 0 Å². The molecule has 2 unspecified atom stereocenters. The standard InChI is InChI=1S/2C3H10NO2P.CH4/c2*1-4-7(3,5)6-2;/h2*1-3H3,(H,4,5);1H4. The van der Waals surface area contributed by atoms with Crippen molar-refractivity contribution in [3.63, 3.8) is 0 Å². The lowest BCUT2D eigenvalue weighted by atomic mass is 11.6. The molecule has 6 nitrogen and oxygen atoms in total. The molecule has 0 fully saturated rings. The van der Waals surface area contributed by atoms with E-state index < -0.39 is 15.0 Å². The van der Waals surface area contributed by atoms with E-state index in [-0.39, 0.29) is 7.43 Å². The molecule has 2 atom stereocenters. The van der Waals surface area contributed by atoms with Crippen molar-refractivity contribution in [3.05, 3.63) is 0 Å². The van der Waals surface area contributed by atoms with E-state index in [0.29, 0.717) is 0 Å². The van der Waals surface area contributed by atoms with Crippen molar-refractivity contribution in [1.82, 2.24) is 10.2 Å². The Hall–Kier alpha value is 0.300. The first-order valence-corrected chi connectivity index (χ1v) is 8.03. The van der Waals surface area contributed by atoms with Crippen LogP contribution in [0.25, 0.3) is 0 Å². The summed E-state index contributed by atoms with van der Waals surface area (Å²) in [5.74, 6) is 0. The fourth-order valence-electron chi connectivity index (χ4n) is 0.183. The van der Waals surface area contributed by atoms with E-state index in [2.05, 4.69) is 19.2 Å². The number of nitrogens with one attached hydrogen (secondary N) is 2. The molecule has 0 heterocycles. The molecule has 0 spiro atoms. The van der Waals surface area contributed by atoms with Crippen molar-refractivity contribution in [2.75, 3.05) is 41.6 Å². The maximum Gasteiger partial charge on any atom is 0.266 e. The monoisotopic (exact) mass is 262 g/mol. The fraction of sp³-hybridized carbons (Fsp3) is 1.00. The molecule has 15 heavy (non-hydrogen) atoms. The third kappa shape index (κ3) is 14.3. The maximum absolute atomic E-state index is 10.6. The van der Waals surface area contributed by atoms with Gasteiger partial charge in [-0.2, -0.15) is 0 Å². The first-order chi connectivity index (χ1) is 6.24. The summed E-state index contributed by atoms with van der Waals surface area (Å²) in [6.07, 6.45) is 0. The topological polar surface area (TPSA) is 76.7 Å². The van der Waals surface area contributed by atoms with Crippen LogP contribution in [-0.2, 0) is 18.2 Å². The predicted molar refractivity (Wildman–Crippen MR) is 65.9 cm³/mol. The Bertz CT molecular complexity index is 195. The minimum absolute atomic E-state index is 0. The quantitative estimate of drug-likeness (QED) is 0.754. The second-order valence-electron chi connectivity index (χ2n) is 2.50. The predicted octanol–water partition coefficient (Wildman–Crippen LogP) is 1.99. The Kier molecular flexibility index (Phi) is 13.1. The molecule has 0 radical (unpaired) electrons. The molecule has 0 rings (SSSR count). The van der Waals surface area contributed by atoms with Gasteiger partial charge in [0.2, 0.25) is 0 Å². The largest absolute Gasteiger partial charge is 0.321 e. The van der Waals surface area contributed by atoms with Crippen LogP contribution in [0.4, 0.5) is 0 Å². The van der Waals surface area contributed by atoms with E-state index in [1.807, 2.05) is 0 Å². The summed E-state index contributed by atoms with van der Waals surface area (Å²) < 4.78 is 30.3. The summed E-state index contributed by atoms with van der Waals surface area (Å²) in [7, 11) is 1.22. The van der Waals surface area contributed by atoms with E-state index in [0.717, 1.165) is 0 Å². The normalized spacial score (nSPS) is 17.5. The van der Waals surface area contributed by atoms with Crippen LogP contribution in [0.3, 0.4) is 0 Å². The highest BCUT2D eigenvalue weighted by Gasteiger charge is 2.06. The zero-order valence-corrected chi connectivity index (χ0v) is 11.3. The minimum Gasteiger partial charge on any atom is -0.321 e. The first kappa shape index (κ1) is 20.7. The second-order valence-corrected chi connectivity index (χ2v) is 7.51. The summed E-state index contributed by atoms with van der Waals surface area (Å²) in [5, 5.41) is 5.05. The average Bonchev–Trinajstić information content (AvgIpc) is 2.19. The zero-order chi connectivity index (χ0) is 11.8. The van der Waals surface area contributed by atoms with Crippen LogP contribution in [0.15, 0.2) is 0 Å². The minimum atomic E-state index is -2.40. The van der Waals surface area contributed by atoms with Gasteiger partial charge in [-0.05, 0) is 14.1 Å². The molecule has 0 bridgehead atoms. The van der Waals surface area contributed by atoms with Crippen molar-refractivity contribution in [2.45, 2.75) is 7.43 Å². The molecular weight excluding hydrogens is 238 g/mol. The van der Waals surface area contributed by atoms with Gasteiger partial charge >= 0.3 is 0 Å². The summed E-state index contributed by atoms with van der Waals surface area (Å²) >= 11 is 0. The molecule has 0 aromatic heterocycles. The zero-order valence-electron chi connectivity index (χ0n) is 9.53. The molecule has 0 saturated carbocycles. The van der Waals surface area contributed by atoms with E-state index in [1.165, 1.54) is 27.5 Å². The summed E-state index contributed by atoms with van der Waals surface area (Å²) in [6, 6.07) is 0. The molecule has 0 amide bonds. The Balaban J connectivity index is -0.000000180. The van der Waals surface area contributed by atoms with Gasteiger partial charge in [0.15, 0.2) is 0 Å². The maximum atomic E-state index is 10.6. The lowest BCUT2D eigenvalue weighted by Gasteiger charge is -2.05. The van der Waals surface area contributed by atoms with E-state index in [4.69, 9.17) is 0 Å². The lowest BCUT2D eigenvalue weighted by Crippen LogP contribution is -2.01. The summed E-state index contributed by atoms with van der Waals surface area (Å²) in [5.41, 5.74) is 0. The van der Waals surface area contributed by atoms with Crippen LogP contribution in [0.5, 0.6) is 0 Å². The third-order valence-corrected chi connectivity index (χ3v) is 4.53. The highest BCUT2D eigenvalue weighted by molar-refractivity contribution is 7.56. The molecule has 0 saturated heterocycles. The SMILES string of the molecule is C.CNP(C)(=O)OC.CNP(C)(=O)OC. The van der Waals surface area contributed by atoms with Gasteiger partial charge in [-0.3, -0.25) is 9.13 Å². The van der Waals surface area contributed by atoms with Crippen LogP contribution in [0, 0.1) is 0 Å². The van der Waals surface area contributed by atoms with E-state index >= 15 is 0 Å². The Morgan fingerprint density at radius 2 is 1.07 bits per heavy atom. The molecule has 0 aliphatic heterocycles. The van der Waals surface area contributed by atoms with Gasteiger partial charge in [-0.25, -0.2) is 10.2 Å². The molecule has 96 valence electrons. The van der Waals surface area contributed by atoms with E-state index in [1.54, 1.807) is 14.1 Å². The number of hydrogen-bond acceptors (Lipinski definition) is 4. The van der Waals surface area contributed by atoms with Crippen LogP contribution in [-0.4, -0.2) is 41.6 Å². The van der Waals surface area contributed by atoms with Gasteiger partial charge in [-0.1, -0.05) is 7.43 Å². The van der Waals surface area contributed by atoms with Crippen molar-refractivity contribution in [1.29, 1.82) is 0 Å². The summed E-state index contributed by atoms with van der Waals surface area (Å²) in [4.78, 5) is 0. The van der Waals surface area contributed by atoms with Gasteiger partial charge < -0.3 is 9.05 Å². The lowest BCUT2D eigenvalue weighted by molar-refractivity contribution is 0.390. The van der Waals surface area contributed by atoms with Crippen molar-refractivity contribution in [3.8, 4) is 0 Å². The Morgan fingerprint density at radius 1 is 0.867 bits per heavy atom.